The van der Waals surface area contributed by atoms with Crippen LogP contribution in [0.1, 0.15) is 39.0 Å². The largest absolute Gasteiger partial charge is 0.748 e. The third-order valence-corrected chi connectivity index (χ3v) is 4.30. The summed E-state index contributed by atoms with van der Waals surface area (Å²) in [6, 6.07) is 8.50. The fraction of sp³-hybridized carbons (Fsp3) is 0.571. The van der Waals surface area contributed by atoms with Crippen LogP contribution >= 0.6 is 0 Å². The first kappa shape index (κ1) is 18.1. The summed E-state index contributed by atoms with van der Waals surface area (Å²) in [5, 5.41) is 23.5. The fourth-order valence-electron chi connectivity index (χ4n) is 2.17. The van der Waals surface area contributed by atoms with Crippen LogP contribution < -0.4 is 0 Å². The Hall–Kier alpha value is -0.990. The van der Waals surface area contributed by atoms with Crippen LogP contribution in [0.25, 0.3) is 0 Å². The molecule has 0 amide bonds. The van der Waals surface area contributed by atoms with Gasteiger partial charge >= 0.3 is 0 Å². The Morgan fingerprint density at radius 2 is 1.76 bits per heavy atom. The first-order valence-electron chi connectivity index (χ1n) is 6.73. The standard InChI is InChI=1S/C14H23NO5S/c1-14(2,3)15(17,10-7-11-21(18,19)20)13(16)12-8-5-4-6-9-12/h4-6,8-9,13,16H,7,10-11H2,1-3H3,(H,18,19,20)/p-1. The highest BCUT2D eigenvalue weighted by Gasteiger charge is 2.39. The average molecular weight is 316 g/mol. The summed E-state index contributed by atoms with van der Waals surface area (Å²) in [7, 11) is -4.36. The monoisotopic (exact) mass is 316 g/mol. The van der Waals surface area contributed by atoms with Crippen LogP contribution in [0.5, 0.6) is 0 Å². The number of quaternary nitrogens is 1. The van der Waals surface area contributed by atoms with Crippen molar-refractivity contribution in [2.24, 2.45) is 0 Å². The van der Waals surface area contributed by atoms with Crippen molar-refractivity contribution in [3.05, 3.63) is 41.1 Å². The van der Waals surface area contributed by atoms with Crippen molar-refractivity contribution < 1.29 is 22.7 Å². The van der Waals surface area contributed by atoms with Crippen molar-refractivity contribution in [1.29, 1.82) is 0 Å². The van der Waals surface area contributed by atoms with E-state index in [1.807, 2.05) is 0 Å². The molecule has 2 atom stereocenters. The van der Waals surface area contributed by atoms with Gasteiger partial charge in [-0.2, -0.15) is 0 Å². The minimum absolute atomic E-state index is 0.0868. The first-order valence-corrected chi connectivity index (χ1v) is 8.30. The first-order chi connectivity index (χ1) is 9.47. The van der Waals surface area contributed by atoms with E-state index < -0.39 is 32.3 Å². The van der Waals surface area contributed by atoms with Crippen LogP contribution in [-0.4, -0.2) is 40.6 Å². The Morgan fingerprint density at radius 3 is 2.19 bits per heavy atom. The highest BCUT2D eigenvalue weighted by Crippen LogP contribution is 2.35. The molecule has 21 heavy (non-hydrogen) atoms. The van der Waals surface area contributed by atoms with Gasteiger partial charge in [0.25, 0.3) is 0 Å². The molecule has 0 aliphatic heterocycles. The molecule has 1 N–H and O–H groups in total. The second-order valence-electron chi connectivity index (χ2n) is 6.09. The minimum atomic E-state index is -4.36. The van der Waals surface area contributed by atoms with Gasteiger partial charge in [-0.05, 0) is 20.8 Å². The molecule has 0 heterocycles. The van der Waals surface area contributed by atoms with Gasteiger partial charge in [-0.25, -0.2) is 8.42 Å². The smallest absolute Gasteiger partial charge is 0.217 e. The minimum Gasteiger partial charge on any atom is -0.748 e. The molecular weight excluding hydrogens is 294 g/mol. The van der Waals surface area contributed by atoms with E-state index in [1.54, 1.807) is 51.1 Å². The molecule has 0 fully saturated rings. The second kappa shape index (κ2) is 6.41. The summed E-state index contributed by atoms with van der Waals surface area (Å²) >= 11 is 0. The molecule has 0 saturated carbocycles. The van der Waals surface area contributed by atoms with Crippen LogP contribution in [0.2, 0.25) is 0 Å². The van der Waals surface area contributed by atoms with E-state index in [9.17, 15) is 23.3 Å². The van der Waals surface area contributed by atoms with Crippen LogP contribution in [0.3, 0.4) is 0 Å². The van der Waals surface area contributed by atoms with E-state index in [2.05, 4.69) is 0 Å². The molecule has 0 spiro atoms. The third-order valence-electron chi connectivity index (χ3n) is 3.51. The predicted octanol–water partition coefficient (Wildman–Crippen LogP) is 1.73. The molecular formula is C14H22NO5S-. The molecule has 120 valence electrons. The lowest BCUT2D eigenvalue weighted by Crippen LogP contribution is -2.58. The van der Waals surface area contributed by atoms with Crippen molar-refractivity contribution in [1.82, 2.24) is 0 Å². The lowest BCUT2D eigenvalue weighted by atomic mass is 10.0. The molecule has 0 aliphatic rings. The van der Waals surface area contributed by atoms with Crippen LogP contribution in [0.15, 0.2) is 30.3 Å². The van der Waals surface area contributed by atoms with Crippen molar-refractivity contribution in [2.75, 3.05) is 12.3 Å². The Balaban J connectivity index is 2.99. The number of hydrogen-bond donors (Lipinski definition) is 1. The lowest BCUT2D eigenvalue weighted by molar-refractivity contribution is -0.975. The number of hydroxylamine groups is 3. The van der Waals surface area contributed by atoms with E-state index in [4.69, 9.17) is 0 Å². The second-order valence-corrected chi connectivity index (χ2v) is 7.61. The predicted molar refractivity (Wildman–Crippen MR) is 78.8 cm³/mol. The van der Waals surface area contributed by atoms with Gasteiger partial charge in [-0.3, -0.25) is 0 Å². The molecule has 1 aromatic carbocycles. The lowest BCUT2D eigenvalue weighted by Gasteiger charge is -2.55. The Morgan fingerprint density at radius 1 is 1.24 bits per heavy atom. The molecule has 1 rings (SSSR count). The van der Waals surface area contributed by atoms with Gasteiger partial charge in [0.2, 0.25) is 6.23 Å². The van der Waals surface area contributed by atoms with E-state index in [-0.39, 0.29) is 13.0 Å². The maximum Gasteiger partial charge on any atom is 0.217 e. The molecule has 0 aliphatic carbocycles. The number of aliphatic hydroxyl groups excluding tert-OH is 1. The van der Waals surface area contributed by atoms with Crippen LogP contribution in [0.4, 0.5) is 0 Å². The van der Waals surface area contributed by atoms with Gasteiger partial charge < -0.3 is 19.5 Å². The summed E-state index contributed by atoms with van der Waals surface area (Å²) in [5.41, 5.74) is -0.394. The number of hydrogen-bond acceptors (Lipinski definition) is 5. The Labute approximate surface area is 125 Å². The van der Waals surface area contributed by atoms with Gasteiger partial charge in [-0.1, -0.05) is 30.3 Å². The number of benzene rings is 1. The van der Waals surface area contributed by atoms with Crippen molar-refractivity contribution >= 4 is 10.1 Å². The van der Waals surface area contributed by atoms with E-state index in [1.165, 1.54) is 0 Å². The SMILES string of the molecule is CC(C)(C)[N+]([O-])(CCCS(=O)(=O)[O-])C(O)c1ccccc1. The van der Waals surface area contributed by atoms with E-state index in [0.29, 0.717) is 5.56 Å². The molecule has 2 unspecified atom stereocenters. The average Bonchev–Trinajstić information content (AvgIpc) is 2.35. The quantitative estimate of drug-likeness (QED) is 0.373. The summed E-state index contributed by atoms with van der Waals surface area (Å²) in [4.78, 5) is 0. The van der Waals surface area contributed by atoms with Gasteiger partial charge in [0.15, 0.2) is 0 Å². The van der Waals surface area contributed by atoms with Crippen LogP contribution in [0, 0.1) is 5.21 Å². The molecule has 7 heteroatoms. The zero-order chi connectivity index (χ0) is 16.3. The van der Waals surface area contributed by atoms with Gasteiger partial charge in [-0.15, -0.1) is 0 Å². The normalized spacial score (nSPS) is 17.2. The molecule has 0 radical (unpaired) electrons. The summed E-state index contributed by atoms with van der Waals surface area (Å²) in [6.45, 7) is 4.88. The topological polar surface area (TPSA) is 100 Å². The number of rotatable bonds is 6. The molecule has 1 aromatic rings. The zero-order valence-electron chi connectivity index (χ0n) is 12.5. The Kier molecular flexibility index (Phi) is 5.51. The maximum atomic E-state index is 13.1. The molecule has 0 aromatic heterocycles. The maximum absolute atomic E-state index is 13.1. The van der Waals surface area contributed by atoms with Crippen molar-refractivity contribution in [3.63, 3.8) is 0 Å². The van der Waals surface area contributed by atoms with Gasteiger partial charge in [0.1, 0.15) is 0 Å². The van der Waals surface area contributed by atoms with E-state index in [0.717, 1.165) is 0 Å². The zero-order valence-corrected chi connectivity index (χ0v) is 13.3. The molecule has 0 bridgehead atoms. The van der Waals surface area contributed by atoms with Crippen molar-refractivity contribution in [2.45, 2.75) is 39.0 Å². The molecule has 6 nitrogen and oxygen atoms in total. The van der Waals surface area contributed by atoms with Gasteiger partial charge in [0.05, 0.1) is 22.2 Å². The summed E-state index contributed by atoms with van der Waals surface area (Å²) < 4.78 is 31.0. The highest BCUT2D eigenvalue weighted by atomic mass is 32.2. The van der Waals surface area contributed by atoms with Crippen LogP contribution in [-0.2, 0) is 10.1 Å². The molecule has 0 saturated heterocycles. The third kappa shape index (κ3) is 4.76. The number of aliphatic hydroxyl groups is 1. The van der Waals surface area contributed by atoms with Gasteiger partial charge in [0, 0.05) is 17.7 Å². The van der Waals surface area contributed by atoms with Crippen molar-refractivity contribution in [3.8, 4) is 0 Å². The number of nitrogens with zero attached hydrogens (tertiary/aromatic N) is 1. The summed E-state index contributed by atoms with van der Waals surface area (Å²) in [5.74, 6) is -0.604. The summed E-state index contributed by atoms with van der Waals surface area (Å²) in [6.07, 6.45) is -1.42. The fourth-order valence-corrected chi connectivity index (χ4v) is 2.65. The van der Waals surface area contributed by atoms with E-state index >= 15 is 0 Å². The highest BCUT2D eigenvalue weighted by molar-refractivity contribution is 7.85. The Bertz CT molecular complexity index is 552.